The van der Waals surface area contributed by atoms with Crippen LogP contribution in [0.4, 0.5) is 0 Å². The van der Waals surface area contributed by atoms with Crippen LogP contribution in [0.3, 0.4) is 0 Å². The van der Waals surface area contributed by atoms with Crippen molar-refractivity contribution >= 4 is 22.8 Å². The van der Waals surface area contributed by atoms with Gasteiger partial charge in [0.15, 0.2) is 5.17 Å². The van der Waals surface area contributed by atoms with Gasteiger partial charge in [-0.25, -0.2) is 0 Å². The number of rotatable bonds is 8. The van der Waals surface area contributed by atoms with Gasteiger partial charge < -0.3 is 5.32 Å². The molecule has 20 heavy (non-hydrogen) atoms. The average Bonchev–Trinajstić information content (AvgIpc) is 2.47. The summed E-state index contributed by atoms with van der Waals surface area (Å²) >= 11 is 1.41. The summed E-state index contributed by atoms with van der Waals surface area (Å²) in [6, 6.07) is 9.02. The molecule has 2 N–H and O–H groups in total. The molecule has 0 bridgehead atoms. The Kier molecular flexibility index (Phi) is 8.79. The molecule has 1 rings (SSSR count). The van der Waals surface area contributed by atoms with Gasteiger partial charge in [0.25, 0.3) is 5.91 Å². The molecule has 0 saturated heterocycles. The lowest BCUT2D eigenvalue weighted by Gasteiger charge is -2.06. The second kappa shape index (κ2) is 10.5. The summed E-state index contributed by atoms with van der Waals surface area (Å²) in [6.45, 7) is 2.21. The second-order valence-electron chi connectivity index (χ2n) is 4.77. The summed E-state index contributed by atoms with van der Waals surface area (Å²) in [7, 11) is 0. The van der Waals surface area contributed by atoms with Crippen molar-refractivity contribution in [1.82, 2.24) is 5.32 Å². The maximum Gasteiger partial charge on any atom is 0.257 e. The summed E-state index contributed by atoms with van der Waals surface area (Å²) in [5, 5.41) is 10.6. The van der Waals surface area contributed by atoms with Gasteiger partial charge in [-0.2, -0.15) is 0 Å². The van der Waals surface area contributed by atoms with E-state index in [-0.39, 0.29) is 11.1 Å². The molecule has 3 nitrogen and oxygen atoms in total. The summed E-state index contributed by atoms with van der Waals surface area (Å²) in [5.74, 6) is 0.700. The molecule has 0 fully saturated rings. The second-order valence-corrected chi connectivity index (χ2v) is 5.87. The van der Waals surface area contributed by atoms with E-state index in [1.54, 1.807) is 12.1 Å². The lowest BCUT2D eigenvalue weighted by Crippen LogP contribution is -2.27. The molecule has 0 unspecified atom stereocenters. The van der Waals surface area contributed by atoms with Gasteiger partial charge in [0.2, 0.25) is 0 Å². The van der Waals surface area contributed by atoms with Gasteiger partial charge in [-0.15, -0.1) is 0 Å². The molecule has 4 heteroatoms. The SMILES string of the molecule is CCCCCCCCSC(=N)NC(=O)c1ccccc1. The zero-order valence-electron chi connectivity index (χ0n) is 12.2. The number of amides is 1. The highest BCUT2D eigenvalue weighted by Gasteiger charge is 2.07. The van der Waals surface area contributed by atoms with Crippen LogP contribution in [0.1, 0.15) is 55.8 Å². The van der Waals surface area contributed by atoms with Crippen LogP contribution in [0.5, 0.6) is 0 Å². The summed E-state index contributed by atoms with van der Waals surface area (Å²) in [6.07, 6.45) is 7.49. The fourth-order valence-corrected chi connectivity index (χ4v) is 2.57. The van der Waals surface area contributed by atoms with Gasteiger partial charge in [0.1, 0.15) is 0 Å². The quantitative estimate of drug-likeness (QED) is 0.422. The molecule has 0 aliphatic rings. The highest BCUT2D eigenvalue weighted by atomic mass is 32.2. The van der Waals surface area contributed by atoms with E-state index in [2.05, 4.69) is 12.2 Å². The van der Waals surface area contributed by atoms with Gasteiger partial charge in [-0.05, 0) is 18.6 Å². The van der Waals surface area contributed by atoms with Gasteiger partial charge in [-0.1, -0.05) is 69.0 Å². The number of carbonyl (C=O) groups is 1. The Morgan fingerprint density at radius 3 is 2.45 bits per heavy atom. The first-order valence-electron chi connectivity index (χ1n) is 7.31. The number of carbonyl (C=O) groups excluding carboxylic acids is 1. The number of hydrogen-bond donors (Lipinski definition) is 2. The van der Waals surface area contributed by atoms with Crippen molar-refractivity contribution in [2.24, 2.45) is 0 Å². The highest BCUT2D eigenvalue weighted by Crippen LogP contribution is 2.10. The molecule has 0 heterocycles. The molecule has 110 valence electrons. The maximum atomic E-state index is 11.8. The number of nitrogens with one attached hydrogen (secondary N) is 2. The minimum absolute atomic E-state index is 0.203. The van der Waals surface area contributed by atoms with Crippen LogP contribution in [-0.4, -0.2) is 16.8 Å². The fourth-order valence-electron chi connectivity index (χ4n) is 1.86. The Balaban J connectivity index is 2.10. The van der Waals surface area contributed by atoms with Crippen molar-refractivity contribution < 1.29 is 4.79 Å². The van der Waals surface area contributed by atoms with Crippen LogP contribution in [0.2, 0.25) is 0 Å². The van der Waals surface area contributed by atoms with E-state index in [0.29, 0.717) is 5.56 Å². The topological polar surface area (TPSA) is 53.0 Å². The molecular weight excluding hydrogens is 268 g/mol. The summed E-state index contributed by atoms with van der Waals surface area (Å²) in [4.78, 5) is 11.8. The van der Waals surface area contributed by atoms with Crippen molar-refractivity contribution in [2.75, 3.05) is 5.75 Å². The minimum Gasteiger partial charge on any atom is -0.301 e. The largest absolute Gasteiger partial charge is 0.301 e. The van der Waals surface area contributed by atoms with E-state index in [0.717, 1.165) is 12.2 Å². The van der Waals surface area contributed by atoms with Gasteiger partial charge in [0.05, 0.1) is 0 Å². The monoisotopic (exact) mass is 292 g/mol. The first-order valence-corrected chi connectivity index (χ1v) is 8.30. The maximum absolute atomic E-state index is 11.8. The Labute approximate surface area is 126 Å². The molecular formula is C16H24N2OS. The van der Waals surface area contributed by atoms with E-state index in [1.165, 1.54) is 43.9 Å². The third-order valence-corrected chi connectivity index (χ3v) is 3.89. The molecule has 0 spiro atoms. The normalized spacial score (nSPS) is 10.2. The lowest BCUT2D eigenvalue weighted by molar-refractivity contribution is 0.0978. The summed E-state index contributed by atoms with van der Waals surface area (Å²) < 4.78 is 0. The van der Waals surface area contributed by atoms with E-state index in [9.17, 15) is 4.79 Å². The molecule has 0 aromatic heterocycles. The molecule has 0 aliphatic heterocycles. The Morgan fingerprint density at radius 1 is 1.10 bits per heavy atom. The number of unbranched alkanes of at least 4 members (excludes halogenated alkanes) is 5. The predicted octanol–water partition coefficient (Wildman–Crippen LogP) is 4.44. The van der Waals surface area contributed by atoms with Crippen LogP contribution < -0.4 is 5.32 Å². The summed E-state index contributed by atoms with van der Waals surface area (Å²) in [5.41, 5.74) is 0.595. The smallest absolute Gasteiger partial charge is 0.257 e. The lowest BCUT2D eigenvalue weighted by atomic mass is 10.1. The third kappa shape index (κ3) is 7.34. The van der Waals surface area contributed by atoms with Crippen molar-refractivity contribution in [3.8, 4) is 0 Å². The highest BCUT2D eigenvalue weighted by molar-refractivity contribution is 8.13. The molecule has 0 atom stereocenters. The molecule has 1 amide bonds. The number of benzene rings is 1. The van der Waals surface area contributed by atoms with Crippen molar-refractivity contribution in [3.63, 3.8) is 0 Å². The van der Waals surface area contributed by atoms with Gasteiger partial charge >= 0.3 is 0 Å². The first-order chi connectivity index (χ1) is 9.74. The molecule has 1 aromatic carbocycles. The van der Waals surface area contributed by atoms with E-state index in [1.807, 2.05) is 18.2 Å². The van der Waals surface area contributed by atoms with Crippen LogP contribution in [0.15, 0.2) is 30.3 Å². The molecule has 1 aromatic rings. The Morgan fingerprint density at radius 2 is 1.75 bits per heavy atom. The Hall–Kier alpha value is -1.29. The zero-order chi connectivity index (χ0) is 14.6. The molecule has 0 aliphatic carbocycles. The van der Waals surface area contributed by atoms with Crippen LogP contribution in [0, 0.1) is 5.41 Å². The number of thioether (sulfide) groups is 1. The Bertz CT molecular complexity index is 406. The molecule has 0 saturated carbocycles. The number of hydrogen-bond acceptors (Lipinski definition) is 3. The van der Waals surface area contributed by atoms with E-state index >= 15 is 0 Å². The van der Waals surface area contributed by atoms with Crippen molar-refractivity contribution in [2.45, 2.75) is 45.4 Å². The van der Waals surface area contributed by atoms with E-state index in [4.69, 9.17) is 5.41 Å². The molecule has 0 radical (unpaired) electrons. The number of amidine groups is 1. The minimum atomic E-state index is -0.203. The van der Waals surface area contributed by atoms with Crippen LogP contribution in [-0.2, 0) is 0 Å². The van der Waals surface area contributed by atoms with Crippen LogP contribution >= 0.6 is 11.8 Å². The van der Waals surface area contributed by atoms with Gasteiger partial charge in [-0.3, -0.25) is 10.2 Å². The van der Waals surface area contributed by atoms with Crippen LogP contribution in [0.25, 0.3) is 0 Å². The van der Waals surface area contributed by atoms with Gasteiger partial charge in [0, 0.05) is 11.3 Å². The fraction of sp³-hybridized carbons (Fsp3) is 0.500. The van der Waals surface area contributed by atoms with Crippen molar-refractivity contribution in [3.05, 3.63) is 35.9 Å². The van der Waals surface area contributed by atoms with E-state index < -0.39 is 0 Å². The predicted molar refractivity (Wildman–Crippen MR) is 87.5 cm³/mol. The standard InChI is InChI=1S/C16H24N2OS/c1-2-3-4-5-6-10-13-20-16(17)18-15(19)14-11-8-7-9-12-14/h7-9,11-12H,2-6,10,13H2,1H3,(H2,17,18,19). The third-order valence-electron chi connectivity index (χ3n) is 3.01. The zero-order valence-corrected chi connectivity index (χ0v) is 13.0. The van der Waals surface area contributed by atoms with Crippen molar-refractivity contribution in [1.29, 1.82) is 5.41 Å². The average molecular weight is 292 g/mol. The first kappa shape index (κ1) is 16.8.